The highest BCUT2D eigenvalue weighted by Crippen LogP contribution is 2.35. The number of aromatic nitrogens is 2. The molecule has 0 unspecified atom stereocenters. The van der Waals surface area contributed by atoms with Crippen molar-refractivity contribution in [2.24, 2.45) is 0 Å². The SMILES string of the molecule is C=CC(=O)NCc1nc(NC2CCN(C(C)C)CC2)c2cc(OC)c(OCCCN3CCCC3)cc2n1. The highest BCUT2D eigenvalue weighted by atomic mass is 16.5. The first-order valence-electron chi connectivity index (χ1n) is 13.6. The van der Waals surface area contributed by atoms with Gasteiger partial charge in [0.25, 0.3) is 0 Å². The fourth-order valence-corrected chi connectivity index (χ4v) is 5.11. The molecule has 0 spiro atoms. The molecule has 1 aromatic carbocycles. The molecule has 2 N–H and O–H groups in total. The first kappa shape index (κ1) is 27.1. The van der Waals surface area contributed by atoms with E-state index in [1.54, 1.807) is 7.11 Å². The number of hydrogen-bond acceptors (Lipinski definition) is 8. The van der Waals surface area contributed by atoms with Crippen molar-refractivity contribution in [1.82, 2.24) is 25.1 Å². The molecule has 0 atom stereocenters. The molecule has 0 bridgehead atoms. The first-order valence-corrected chi connectivity index (χ1v) is 13.6. The number of carbonyl (C=O) groups is 1. The van der Waals surface area contributed by atoms with Gasteiger partial charge < -0.3 is 29.9 Å². The minimum Gasteiger partial charge on any atom is -0.493 e. The van der Waals surface area contributed by atoms with Crippen LogP contribution in [0.4, 0.5) is 5.82 Å². The summed E-state index contributed by atoms with van der Waals surface area (Å²) >= 11 is 0. The van der Waals surface area contributed by atoms with E-state index >= 15 is 0 Å². The molecule has 37 heavy (non-hydrogen) atoms. The smallest absolute Gasteiger partial charge is 0.243 e. The number of anilines is 1. The van der Waals surface area contributed by atoms with Crippen LogP contribution in [0, 0.1) is 0 Å². The van der Waals surface area contributed by atoms with Gasteiger partial charge in [0.05, 0.1) is 25.8 Å². The molecule has 2 aromatic rings. The van der Waals surface area contributed by atoms with Crippen molar-refractivity contribution in [1.29, 1.82) is 0 Å². The molecule has 3 heterocycles. The maximum atomic E-state index is 11.8. The third kappa shape index (κ3) is 7.32. The highest BCUT2D eigenvalue weighted by Gasteiger charge is 2.23. The topological polar surface area (TPSA) is 91.9 Å². The number of methoxy groups -OCH3 is 1. The van der Waals surface area contributed by atoms with Gasteiger partial charge in [0, 0.05) is 43.2 Å². The fourth-order valence-electron chi connectivity index (χ4n) is 5.11. The predicted octanol–water partition coefficient (Wildman–Crippen LogP) is 3.59. The second kappa shape index (κ2) is 13.1. The summed E-state index contributed by atoms with van der Waals surface area (Å²) in [5.41, 5.74) is 0.760. The number of nitrogens with one attached hydrogen (secondary N) is 2. The van der Waals surface area contributed by atoms with Crippen molar-refractivity contribution >= 4 is 22.6 Å². The Morgan fingerprint density at radius 3 is 2.59 bits per heavy atom. The molecule has 9 heteroatoms. The van der Waals surface area contributed by atoms with Gasteiger partial charge in [-0.05, 0) is 71.2 Å². The maximum Gasteiger partial charge on any atom is 0.243 e. The lowest BCUT2D eigenvalue weighted by Crippen LogP contribution is -2.42. The van der Waals surface area contributed by atoms with Crippen molar-refractivity contribution in [3.05, 3.63) is 30.6 Å². The maximum absolute atomic E-state index is 11.8. The molecular formula is C28H42N6O3. The normalized spacial score (nSPS) is 17.3. The summed E-state index contributed by atoms with van der Waals surface area (Å²) in [6.07, 6.45) is 6.89. The minimum atomic E-state index is -0.254. The summed E-state index contributed by atoms with van der Waals surface area (Å²) in [5.74, 6) is 2.38. The Kier molecular flexibility index (Phi) is 9.57. The lowest BCUT2D eigenvalue weighted by atomic mass is 10.0. The van der Waals surface area contributed by atoms with Crippen LogP contribution in [-0.2, 0) is 11.3 Å². The first-order chi connectivity index (χ1) is 18.0. The zero-order valence-electron chi connectivity index (χ0n) is 22.6. The van der Waals surface area contributed by atoms with E-state index in [2.05, 4.69) is 40.9 Å². The molecule has 0 aliphatic carbocycles. The largest absolute Gasteiger partial charge is 0.493 e. The van der Waals surface area contributed by atoms with Crippen LogP contribution in [-0.4, -0.2) is 84.2 Å². The van der Waals surface area contributed by atoms with Crippen LogP contribution >= 0.6 is 0 Å². The number of rotatable bonds is 12. The Bertz CT molecular complexity index is 1060. The average Bonchev–Trinajstić information content (AvgIpc) is 3.43. The molecule has 9 nitrogen and oxygen atoms in total. The summed E-state index contributed by atoms with van der Waals surface area (Å²) < 4.78 is 11.9. The summed E-state index contributed by atoms with van der Waals surface area (Å²) in [4.78, 5) is 26.3. The third-order valence-corrected chi connectivity index (χ3v) is 7.31. The lowest BCUT2D eigenvalue weighted by Gasteiger charge is -2.35. The molecule has 2 aliphatic rings. The van der Waals surface area contributed by atoms with Crippen LogP contribution in [0.2, 0.25) is 0 Å². The third-order valence-electron chi connectivity index (χ3n) is 7.31. The highest BCUT2D eigenvalue weighted by molar-refractivity contribution is 5.92. The molecule has 202 valence electrons. The van der Waals surface area contributed by atoms with Gasteiger partial charge in [-0.15, -0.1) is 0 Å². The summed E-state index contributed by atoms with van der Waals surface area (Å²) in [7, 11) is 1.66. The summed E-state index contributed by atoms with van der Waals surface area (Å²) in [6, 6.07) is 4.76. The molecule has 0 saturated carbocycles. The molecular weight excluding hydrogens is 468 g/mol. The van der Waals surface area contributed by atoms with Crippen LogP contribution in [0.3, 0.4) is 0 Å². The zero-order valence-corrected chi connectivity index (χ0v) is 22.6. The number of nitrogens with zero attached hydrogens (tertiary/aromatic N) is 4. The number of piperidine rings is 1. The quantitative estimate of drug-likeness (QED) is 0.331. The number of benzene rings is 1. The Morgan fingerprint density at radius 1 is 1.16 bits per heavy atom. The average molecular weight is 511 g/mol. The Hall–Kier alpha value is -2.91. The van der Waals surface area contributed by atoms with E-state index in [0.717, 1.165) is 55.6 Å². The predicted molar refractivity (Wildman–Crippen MR) is 147 cm³/mol. The van der Waals surface area contributed by atoms with Gasteiger partial charge in [-0.25, -0.2) is 9.97 Å². The van der Waals surface area contributed by atoms with Crippen molar-refractivity contribution < 1.29 is 14.3 Å². The van der Waals surface area contributed by atoms with E-state index in [4.69, 9.17) is 19.4 Å². The molecule has 4 rings (SSSR count). The van der Waals surface area contributed by atoms with Crippen LogP contribution in [0.1, 0.15) is 51.8 Å². The van der Waals surface area contributed by atoms with E-state index in [-0.39, 0.29) is 12.5 Å². The van der Waals surface area contributed by atoms with Gasteiger partial charge in [-0.3, -0.25) is 4.79 Å². The van der Waals surface area contributed by atoms with Crippen molar-refractivity contribution in [3.8, 4) is 11.5 Å². The molecule has 2 aliphatic heterocycles. The van der Waals surface area contributed by atoms with E-state index in [1.807, 2.05) is 12.1 Å². The summed E-state index contributed by atoms with van der Waals surface area (Å²) in [5, 5.41) is 7.34. The monoisotopic (exact) mass is 510 g/mol. The van der Waals surface area contributed by atoms with E-state index in [1.165, 1.54) is 32.0 Å². The molecule has 1 aromatic heterocycles. The number of carbonyl (C=O) groups excluding carboxylic acids is 1. The standard InChI is InChI=1S/C28H42N6O3/c1-5-27(35)29-19-26-31-23-18-25(37-16-8-13-33-11-6-7-12-33)24(36-4)17-22(23)28(32-26)30-21-9-14-34(15-10-21)20(2)3/h5,17-18,20-21H,1,6-16,19H2,2-4H3,(H,29,35)(H,30,31,32). The fraction of sp³-hybridized carbons (Fsp3) is 0.607. The molecule has 2 saturated heterocycles. The van der Waals surface area contributed by atoms with Crippen LogP contribution in [0.15, 0.2) is 24.8 Å². The van der Waals surface area contributed by atoms with Gasteiger partial charge in [0.2, 0.25) is 5.91 Å². The van der Waals surface area contributed by atoms with Crippen molar-refractivity contribution in [2.75, 3.05) is 51.8 Å². The molecule has 1 amide bonds. The van der Waals surface area contributed by atoms with Gasteiger partial charge >= 0.3 is 0 Å². The minimum absolute atomic E-state index is 0.222. The van der Waals surface area contributed by atoms with Crippen molar-refractivity contribution in [2.45, 2.75) is 64.6 Å². The van der Waals surface area contributed by atoms with Gasteiger partial charge in [0.1, 0.15) is 5.82 Å². The number of hydrogen-bond donors (Lipinski definition) is 2. The number of likely N-dealkylation sites (tertiary alicyclic amines) is 2. The van der Waals surface area contributed by atoms with Crippen LogP contribution < -0.4 is 20.1 Å². The van der Waals surface area contributed by atoms with Crippen LogP contribution in [0.25, 0.3) is 10.9 Å². The number of fused-ring (bicyclic) bond motifs is 1. The second-order valence-electron chi connectivity index (χ2n) is 10.2. The summed E-state index contributed by atoms with van der Waals surface area (Å²) in [6.45, 7) is 14.4. The van der Waals surface area contributed by atoms with E-state index in [0.29, 0.717) is 36.0 Å². The van der Waals surface area contributed by atoms with Gasteiger partial charge in [-0.1, -0.05) is 6.58 Å². The lowest BCUT2D eigenvalue weighted by molar-refractivity contribution is -0.116. The van der Waals surface area contributed by atoms with Gasteiger partial charge in [-0.2, -0.15) is 0 Å². The van der Waals surface area contributed by atoms with E-state index in [9.17, 15) is 4.79 Å². The second-order valence-corrected chi connectivity index (χ2v) is 10.2. The van der Waals surface area contributed by atoms with E-state index < -0.39 is 0 Å². The van der Waals surface area contributed by atoms with Crippen molar-refractivity contribution in [3.63, 3.8) is 0 Å². The Morgan fingerprint density at radius 2 is 1.92 bits per heavy atom. The Labute approximate surface area is 220 Å². The zero-order chi connectivity index (χ0) is 26.2. The molecule has 0 radical (unpaired) electrons. The van der Waals surface area contributed by atoms with Crippen LogP contribution in [0.5, 0.6) is 11.5 Å². The molecule has 2 fully saturated rings. The van der Waals surface area contributed by atoms with Gasteiger partial charge in [0.15, 0.2) is 17.3 Å². The number of amides is 1. The Balaban J connectivity index is 1.54. The number of ether oxygens (including phenoxy) is 2.